The SMILES string of the molecule is CCOCCCNC(=O)[C@H]1CCCN(S(=O)(=O)c2ccc3c(c2)nnn3C(C)C)C1. The molecule has 166 valence electrons. The lowest BCUT2D eigenvalue weighted by atomic mass is 9.99. The van der Waals surface area contributed by atoms with Gasteiger partial charge in [-0.05, 0) is 58.2 Å². The Morgan fingerprint density at radius 2 is 2.17 bits per heavy atom. The number of fused-ring (bicyclic) bond motifs is 1. The minimum Gasteiger partial charge on any atom is -0.382 e. The van der Waals surface area contributed by atoms with Crippen LogP contribution in [-0.4, -0.2) is 66.5 Å². The zero-order valence-corrected chi connectivity index (χ0v) is 18.7. The van der Waals surface area contributed by atoms with E-state index in [2.05, 4.69) is 15.6 Å². The van der Waals surface area contributed by atoms with E-state index in [1.165, 1.54) is 4.31 Å². The van der Waals surface area contributed by atoms with Gasteiger partial charge in [0, 0.05) is 38.9 Å². The van der Waals surface area contributed by atoms with Crippen molar-refractivity contribution in [2.24, 2.45) is 5.92 Å². The predicted molar refractivity (Wildman–Crippen MR) is 114 cm³/mol. The van der Waals surface area contributed by atoms with Crippen molar-refractivity contribution in [3.05, 3.63) is 18.2 Å². The maximum absolute atomic E-state index is 13.2. The Morgan fingerprint density at radius 3 is 2.90 bits per heavy atom. The number of ether oxygens (including phenoxy) is 1. The lowest BCUT2D eigenvalue weighted by molar-refractivity contribution is -0.126. The molecule has 1 aromatic carbocycles. The first kappa shape index (κ1) is 22.6. The van der Waals surface area contributed by atoms with Crippen LogP contribution in [0.5, 0.6) is 0 Å². The molecule has 2 aromatic rings. The van der Waals surface area contributed by atoms with Crippen molar-refractivity contribution in [2.45, 2.75) is 51.0 Å². The molecule has 1 aliphatic heterocycles. The number of rotatable bonds is 9. The first-order valence-electron chi connectivity index (χ1n) is 10.5. The van der Waals surface area contributed by atoms with Gasteiger partial charge in [0.15, 0.2) is 0 Å². The molecule has 0 radical (unpaired) electrons. The largest absolute Gasteiger partial charge is 0.382 e. The van der Waals surface area contributed by atoms with E-state index in [-0.39, 0.29) is 29.3 Å². The van der Waals surface area contributed by atoms with Crippen molar-refractivity contribution >= 4 is 27.0 Å². The highest BCUT2D eigenvalue weighted by Gasteiger charge is 2.33. The molecule has 30 heavy (non-hydrogen) atoms. The quantitative estimate of drug-likeness (QED) is 0.601. The topological polar surface area (TPSA) is 106 Å². The summed E-state index contributed by atoms with van der Waals surface area (Å²) in [5.41, 5.74) is 1.34. The van der Waals surface area contributed by atoms with E-state index in [4.69, 9.17) is 4.74 Å². The van der Waals surface area contributed by atoms with Gasteiger partial charge in [-0.15, -0.1) is 5.10 Å². The van der Waals surface area contributed by atoms with Gasteiger partial charge in [0.1, 0.15) is 5.52 Å². The summed E-state index contributed by atoms with van der Waals surface area (Å²) in [6.45, 7) is 8.31. The van der Waals surface area contributed by atoms with E-state index in [1.807, 2.05) is 20.8 Å². The summed E-state index contributed by atoms with van der Waals surface area (Å²) in [6.07, 6.45) is 2.08. The van der Waals surface area contributed by atoms with Gasteiger partial charge in [0.25, 0.3) is 0 Å². The molecule has 1 N–H and O–H groups in total. The van der Waals surface area contributed by atoms with Crippen molar-refractivity contribution < 1.29 is 17.9 Å². The van der Waals surface area contributed by atoms with Crippen LogP contribution < -0.4 is 5.32 Å². The lowest BCUT2D eigenvalue weighted by Crippen LogP contribution is -2.45. The van der Waals surface area contributed by atoms with Crippen LogP contribution >= 0.6 is 0 Å². The minimum atomic E-state index is -3.71. The van der Waals surface area contributed by atoms with Gasteiger partial charge < -0.3 is 10.1 Å². The summed E-state index contributed by atoms with van der Waals surface area (Å²) < 4.78 is 34.8. The van der Waals surface area contributed by atoms with Gasteiger partial charge in [0.2, 0.25) is 15.9 Å². The van der Waals surface area contributed by atoms with Crippen LogP contribution in [0.4, 0.5) is 0 Å². The number of amides is 1. The second kappa shape index (κ2) is 9.84. The van der Waals surface area contributed by atoms with E-state index in [9.17, 15) is 13.2 Å². The zero-order chi connectivity index (χ0) is 21.7. The first-order valence-corrected chi connectivity index (χ1v) is 12.0. The highest BCUT2D eigenvalue weighted by molar-refractivity contribution is 7.89. The fraction of sp³-hybridized carbons (Fsp3) is 0.650. The number of carbonyl (C=O) groups excluding carboxylic acids is 1. The van der Waals surface area contributed by atoms with Crippen molar-refractivity contribution in [1.82, 2.24) is 24.6 Å². The second-order valence-electron chi connectivity index (χ2n) is 7.82. The molecule has 10 heteroatoms. The Balaban J connectivity index is 1.68. The average molecular weight is 438 g/mol. The normalized spacial score (nSPS) is 18.2. The predicted octanol–water partition coefficient (Wildman–Crippen LogP) is 1.96. The van der Waals surface area contributed by atoms with Crippen molar-refractivity contribution in [3.63, 3.8) is 0 Å². The van der Waals surface area contributed by atoms with Gasteiger partial charge in [-0.3, -0.25) is 4.79 Å². The van der Waals surface area contributed by atoms with Crippen LogP contribution in [0.3, 0.4) is 0 Å². The summed E-state index contributed by atoms with van der Waals surface area (Å²) >= 11 is 0. The third-order valence-corrected chi connectivity index (χ3v) is 7.15. The molecule has 9 nitrogen and oxygen atoms in total. The Hall–Kier alpha value is -2.04. The number of carbonyl (C=O) groups is 1. The summed E-state index contributed by atoms with van der Waals surface area (Å²) in [7, 11) is -3.71. The summed E-state index contributed by atoms with van der Waals surface area (Å²) in [5.74, 6) is -0.437. The molecule has 1 aliphatic rings. The van der Waals surface area contributed by atoms with Gasteiger partial charge in [0.05, 0.1) is 16.3 Å². The number of hydrogen-bond acceptors (Lipinski definition) is 6. The molecule has 0 unspecified atom stereocenters. The molecule has 1 fully saturated rings. The Bertz CT molecular complexity index is 973. The van der Waals surface area contributed by atoms with E-state index in [0.717, 1.165) is 11.9 Å². The molecule has 0 spiro atoms. The number of aromatic nitrogens is 3. The molecule has 1 amide bonds. The Morgan fingerprint density at radius 1 is 1.37 bits per heavy atom. The highest BCUT2D eigenvalue weighted by Crippen LogP contribution is 2.26. The number of hydrogen-bond donors (Lipinski definition) is 1. The molecule has 1 saturated heterocycles. The molecular weight excluding hydrogens is 406 g/mol. The first-order chi connectivity index (χ1) is 14.3. The highest BCUT2D eigenvalue weighted by atomic mass is 32.2. The van der Waals surface area contributed by atoms with E-state index in [0.29, 0.717) is 44.7 Å². The van der Waals surface area contributed by atoms with E-state index in [1.54, 1.807) is 22.9 Å². The van der Waals surface area contributed by atoms with E-state index >= 15 is 0 Å². The van der Waals surface area contributed by atoms with Crippen LogP contribution in [0, 0.1) is 5.92 Å². The monoisotopic (exact) mass is 437 g/mol. The average Bonchev–Trinajstić information content (AvgIpc) is 3.17. The Labute approximate surface area is 177 Å². The van der Waals surface area contributed by atoms with E-state index < -0.39 is 10.0 Å². The lowest BCUT2D eigenvalue weighted by Gasteiger charge is -2.31. The van der Waals surface area contributed by atoms with Crippen LogP contribution in [0.25, 0.3) is 11.0 Å². The molecule has 3 rings (SSSR count). The van der Waals surface area contributed by atoms with Gasteiger partial charge in [-0.1, -0.05) is 5.21 Å². The molecule has 0 bridgehead atoms. The molecule has 2 heterocycles. The summed E-state index contributed by atoms with van der Waals surface area (Å²) in [6, 6.07) is 5.03. The smallest absolute Gasteiger partial charge is 0.243 e. The number of nitrogens with one attached hydrogen (secondary N) is 1. The minimum absolute atomic E-state index is 0.0956. The number of piperidine rings is 1. The standard InChI is InChI=1S/C20H31N5O4S/c1-4-29-12-6-10-21-20(26)16-7-5-11-24(14-16)30(27,28)17-8-9-19-18(13-17)22-23-25(19)15(2)3/h8-9,13,15-16H,4-7,10-12,14H2,1-3H3,(H,21,26)/t16-/m0/s1. The van der Waals surface area contributed by atoms with Gasteiger partial charge >= 0.3 is 0 Å². The summed E-state index contributed by atoms with van der Waals surface area (Å²) in [4.78, 5) is 12.7. The maximum atomic E-state index is 13.2. The van der Waals surface area contributed by atoms with Crippen LogP contribution in [-0.2, 0) is 19.6 Å². The van der Waals surface area contributed by atoms with Gasteiger partial charge in [-0.25, -0.2) is 13.1 Å². The third-order valence-electron chi connectivity index (χ3n) is 5.29. The second-order valence-corrected chi connectivity index (χ2v) is 9.76. The fourth-order valence-electron chi connectivity index (χ4n) is 3.66. The van der Waals surface area contributed by atoms with Crippen molar-refractivity contribution in [1.29, 1.82) is 0 Å². The number of benzene rings is 1. The van der Waals surface area contributed by atoms with Crippen LogP contribution in [0.1, 0.15) is 46.1 Å². The maximum Gasteiger partial charge on any atom is 0.243 e. The summed E-state index contributed by atoms with van der Waals surface area (Å²) in [5, 5.41) is 11.1. The molecule has 0 saturated carbocycles. The Kier molecular flexibility index (Phi) is 7.43. The fourth-order valence-corrected chi connectivity index (χ4v) is 5.21. The molecule has 0 aliphatic carbocycles. The zero-order valence-electron chi connectivity index (χ0n) is 17.9. The van der Waals surface area contributed by atoms with Crippen molar-refractivity contribution in [2.75, 3.05) is 32.8 Å². The number of nitrogens with zero attached hydrogens (tertiary/aromatic N) is 4. The van der Waals surface area contributed by atoms with Crippen LogP contribution in [0.15, 0.2) is 23.1 Å². The van der Waals surface area contributed by atoms with Gasteiger partial charge in [-0.2, -0.15) is 4.31 Å². The van der Waals surface area contributed by atoms with Crippen molar-refractivity contribution in [3.8, 4) is 0 Å². The molecular formula is C20H31N5O4S. The van der Waals surface area contributed by atoms with Crippen LogP contribution in [0.2, 0.25) is 0 Å². The molecule has 1 atom stereocenters. The molecule has 1 aromatic heterocycles. The number of sulfonamides is 1. The third kappa shape index (κ3) is 4.98.